The molecule has 1 aliphatic heterocycles. The number of nitrogens with zero attached hydrogens (tertiary/aromatic N) is 1. The molecule has 7 heteroatoms. The van der Waals surface area contributed by atoms with E-state index in [1.165, 1.54) is 12.1 Å². The van der Waals surface area contributed by atoms with Gasteiger partial charge >= 0.3 is 6.03 Å². The number of anilines is 3. The Hall–Kier alpha value is -3.09. The fourth-order valence-corrected chi connectivity index (χ4v) is 2.89. The van der Waals surface area contributed by atoms with Crippen LogP contribution < -0.4 is 20.3 Å². The number of ether oxygens (including phenoxy) is 1. The van der Waals surface area contributed by atoms with Crippen molar-refractivity contribution in [3.63, 3.8) is 0 Å². The van der Waals surface area contributed by atoms with E-state index in [2.05, 4.69) is 10.6 Å². The van der Waals surface area contributed by atoms with Crippen LogP contribution in [0.15, 0.2) is 42.5 Å². The second kappa shape index (κ2) is 7.26. The van der Waals surface area contributed by atoms with Gasteiger partial charge in [0.05, 0.1) is 16.8 Å². The summed E-state index contributed by atoms with van der Waals surface area (Å²) < 4.78 is 19.5. The van der Waals surface area contributed by atoms with Gasteiger partial charge in [0.15, 0.2) is 0 Å². The maximum atomic E-state index is 13.7. The molecule has 2 aromatic rings. The van der Waals surface area contributed by atoms with Crippen molar-refractivity contribution in [1.82, 2.24) is 0 Å². The van der Waals surface area contributed by atoms with E-state index in [1.807, 2.05) is 20.8 Å². The molecule has 3 rings (SSSR count). The molecule has 1 heterocycles. The fourth-order valence-electron chi connectivity index (χ4n) is 2.89. The Kier molecular flexibility index (Phi) is 5.03. The number of para-hydroxylation sites is 1. The van der Waals surface area contributed by atoms with Crippen LogP contribution in [-0.4, -0.2) is 25.1 Å². The van der Waals surface area contributed by atoms with Gasteiger partial charge in [0.2, 0.25) is 5.91 Å². The molecular formula is C20H22FN3O3. The van der Waals surface area contributed by atoms with Gasteiger partial charge in [-0.05, 0) is 45.0 Å². The molecule has 0 bridgehead atoms. The molecule has 0 spiro atoms. The fraction of sp³-hybridized carbons (Fsp3) is 0.300. The molecule has 142 valence electrons. The third kappa shape index (κ3) is 3.86. The predicted octanol–water partition coefficient (Wildman–Crippen LogP) is 4.24. The molecule has 0 aliphatic carbocycles. The molecule has 3 amide bonds. The summed E-state index contributed by atoms with van der Waals surface area (Å²) in [4.78, 5) is 26.5. The van der Waals surface area contributed by atoms with Gasteiger partial charge in [-0.2, -0.15) is 0 Å². The van der Waals surface area contributed by atoms with Crippen molar-refractivity contribution >= 4 is 29.0 Å². The van der Waals surface area contributed by atoms with Crippen molar-refractivity contribution in [1.29, 1.82) is 0 Å². The summed E-state index contributed by atoms with van der Waals surface area (Å²) in [7, 11) is 0. The Morgan fingerprint density at radius 3 is 2.67 bits per heavy atom. The summed E-state index contributed by atoms with van der Waals surface area (Å²) in [5.74, 6) is -0.0153. The largest absolute Gasteiger partial charge is 0.490 e. The summed E-state index contributed by atoms with van der Waals surface area (Å²) in [5.41, 5.74) is 0.578. The molecule has 6 nitrogen and oxygen atoms in total. The van der Waals surface area contributed by atoms with Crippen molar-refractivity contribution in [2.75, 3.05) is 28.7 Å². The first kappa shape index (κ1) is 18.7. The van der Waals surface area contributed by atoms with Crippen LogP contribution in [0.2, 0.25) is 0 Å². The van der Waals surface area contributed by atoms with E-state index >= 15 is 0 Å². The van der Waals surface area contributed by atoms with E-state index in [-0.39, 0.29) is 18.2 Å². The number of carbonyl (C=O) groups is 2. The number of nitrogens with one attached hydrogen (secondary N) is 2. The molecular weight excluding hydrogens is 349 g/mol. The monoisotopic (exact) mass is 371 g/mol. The zero-order valence-corrected chi connectivity index (χ0v) is 15.5. The minimum Gasteiger partial charge on any atom is -0.490 e. The molecule has 2 N–H and O–H groups in total. The van der Waals surface area contributed by atoms with E-state index in [4.69, 9.17) is 4.74 Å². The van der Waals surface area contributed by atoms with E-state index < -0.39 is 17.3 Å². The minimum absolute atomic E-state index is 0.0123. The molecule has 0 fully saturated rings. The van der Waals surface area contributed by atoms with Crippen molar-refractivity contribution in [3.05, 3.63) is 48.3 Å². The smallest absolute Gasteiger partial charge is 0.323 e. The van der Waals surface area contributed by atoms with Crippen LogP contribution in [0, 0.1) is 11.2 Å². The topological polar surface area (TPSA) is 70.7 Å². The van der Waals surface area contributed by atoms with Crippen molar-refractivity contribution in [2.24, 2.45) is 5.41 Å². The van der Waals surface area contributed by atoms with Crippen LogP contribution in [0.1, 0.15) is 20.8 Å². The van der Waals surface area contributed by atoms with Crippen LogP contribution >= 0.6 is 0 Å². The molecule has 0 aromatic heterocycles. The van der Waals surface area contributed by atoms with Crippen molar-refractivity contribution in [2.45, 2.75) is 20.8 Å². The average Bonchev–Trinajstić information content (AvgIpc) is 2.72. The highest BCUT2D eigenvalue weighted by atomic mass is 19.1. The second-order valence-corrected chi connectivity index (χ2v) is 6.96. The van der Waals surface area contributed by atoms with E-state index in [0.717, 1.165) is 0 Å². The normalized spacial score (nSPS) is 15.4. The molecule has 0 atom stereocenters. The highest BCUT2D eigenvalue weighted by molar-refractivity contribution is 6.02. The van der Waals surface area contributed by atoms with E-state index in [9.17, 15) is 14.0 Å². The third-order valence-corrected chi connectivity index (χ3v) is 4.36. The Bertz CT molecular complexity index is 883. The molecule has 0 radical (unpaired) electrons. The first-order valence-electron chi connectivity index (χ1n) is 8.73. The molecule has 0 saturated carbocycles. The van der Waals surface area contributed by atoms with Crippen LogP contribution in [0.3, 0.4) is 0 Å². The average molecular weight is 371 g/mol. The number of urea groups is 1. The SMILES string of the molecule is CCN1C(=O)C(C)(C)COc2cc(NC(=O)Nc3ccccc3F)ccc21. The lowest BCUT2D eigenvalue weighted by molar-refractivity contribution is -0.127. The highest BCUT2D eigenvalue weighted by Crippen LogP contribution is 2.38. The van der Waals surface area contributed by atoms with E-state index in [0.29, 0.717) is 23.7 Å². The number of hydrogen-bond donors (Lipinski definition) is 2. The Labute approximate surface area is 157 Å². The highest BCUT2D eigenvalue weighted by Gasteiger charge is 2.37. The van der Waals surface area contributed by atoms with Gasteiger partial charge in [-0.15, -0.1) is 0 Å². The maximum Gasteiger partial charge on any atom is 0.323 e. The lowest BCUT2D eigenvalue weighted by Crippen LogP contribution is -2.42. The van der Waals surface area contributed by atoms with Gasteiger partial charge < -0.3 is 20.3 Å². The predicted molar refractivity (Wildman–Crippen MR) is 103 cm³/mol. The summed E-state index contributed by atoms with van der Waals surface area (Å²) in [6.45, 7) is 6.33. The van der Waals surface area contributed by atoms with Crippen molar-refractivity contribution < 1.29 is 18.7 Å². The Morgan fingerprint density at radius 1 is 1.22 bits per heavy atom. The number of benzene rings is 2. The number of halogens is 1. The molecule has 27 heavy (non-hydrogen) atoms. The van der Waals surface area contributed by atoms with Gasteiger partial charge in [-0.25, -0.2) is 9.18 Å². The maximum absolute atomic E-state index is 13.7. The minimum atomic E-state index is -0.648. The molecule has 1 aliphatic rings. The summed E-state index contributed by atoms with van der Waals surface area (Å²) >= 11 is 0. The lowest BCUT2D eigenvalue weighted by atomic mass is 9.93. The van der Waals surface area contributed by atoms with Crippen LogP contribution in [-0.2, 0) is 4.79 Å². The zero-order valence-electron chi connectivity index (χ0n) is 15.5. The summed E-state index contributed by atoms with van der Waals surface area (Å²) in [5, 5.41) is 5.11. The number of hydrogen-bond acceptors (Lipinski definition) is 3. The van der Waals surface area contributed by atoms with E-state index in [1.54, 1.807) is 35.2 Å². The van der Waals surface area contributed by atoms with Gasteiger partial charge in [0.1, 0.15) is 18.2 Å². The summed E-state index contributed by atoms with van der Waals surface area (Å²) in [6.07, 6.45) is 0. The van der Waals surface area contributed by atoms with Gasteiger partial charge in [-0.3, -0.25) is 4.79 Å². The quantitative estimate of drug-likeness (QED) is 0.848. The molecule has 2 aromatic carbocycles. The molecule has 0 saturated heterocycles. The Morgan fingerprint density at radius 2 is 1.96 bits per heavy atom. The van der Waals surface area contributed by atoms with Crippen molar-refractivity contribution in [3.8, 4) is 5.75 Å². The number of fused-ring (bicyclic) bond motifs is 1. The van der Waals surface area contributed by atoms with Gasteiger partial charge in [0, 0.05) is 18.3 Å². The zero-order chi connectivity index (χ0) is 19.6. The van der Waals surface area contributed by atoms with Crippen LogP contribution in [0.4, 0.5) is 26.2 Å². The Balaban J connectivity index is 1.80. The first-order valence-corrected chi connectivity index (χ1v) is 8.73. The second-order valence-electron chi connectivity index (χ2n) is 6.96. The molecule has 0 unspecified atom stereocenters. The van der Waals surface area contributed by atoms with Gasteiger partial charge in [0.25, 0.3) is 0 Å². The number of rotatable bonds is 3. The first-order chi connectivity index (χ1) is 12.8. The number of amides is 3. The van der Waals surface area contributed by atoms with Crippen LogP contribution in [0.25, 0.3) is 0 Å². The van der Waals surface area contributed by atoms with Crippen LogP contribution in [0.5, 0.6) is 5.75 Å². The van der Waals surface area contributed by atoms with Gasteiger partial charge in [-0.1, -0.05) is 12.1 Å². The third-order valence-electron chi connectivity index (χ3n) is 4.36. The lowest BCUT2D eigenvalue weighted by Gasteiger charge is -2.26. The number of carbonyl (C=O) groups excluding carboxylic acids is 2. The standard InChI is InChI=1S/C20H22FN3O3/c1-4-24-16-10-9-13(11-17(16)27-12-20(2,3)18(24)25)22-19(26)23-15-8-6-5-7-14(15)21/h5-11H,4,12H2,1-3H3,(H2,22,23,26). The summed E-state index contributed by atoms with van der Waals surface area (Å²) in [6, 6.07) is 10.4.